The quantitative estimate of drug-likeness (QED) is 0.662. The van der Waals surface area contributed by atoms with Gasteiger partial charge in [-0.1, -0.05) is 12.2 Å². The third-order valence-electron chi connectivity index (χ3n) is 3.33. The van der Waals surface area contributed by atoms with E-state index in [4.69, 9.17) is 0 Å². The van der Waals surface area contributed by atoms with Crippen LogP contribution in [0.2, 0.25) is 0 Å². The fraction of sp³-hybridized carbons (Fsp3) is 0.750. The summed E-state index contributed by atoms with van der Waals surface area (Å²) < 4.78 is 0. The molecule has 3 nitrogen and oxygen atoms in total. The van der Waals surface area contributed by atoms with Gasteiger partial charge in [-0.2, -0.15) is 0 Å². The molecule has 1 aliphatic carbocycles. The van der Waals surface area contributed by atoms with E-state index in [1.165, 1.54) is 0 Å². The fourth-order valence-electron chi connectivity index (χ4n) is 2.43. The summed E-state index contributed by atoms with van der Waals surface area (Å²) in [6, 6.07) is 0. The Morgan fingerprint density at radius 3 is 2.87 bits per heavy atom. The highest BCUT2D eigenvalue weighted by atomic mass is 16.3. The van der Waals surface area contributed by atoms with Crippen molar-refractivity contribution in [1.29, 1.82) is 0 Å². The number of hydrogen-bond donors (Lipinski definition) is 1. The van der Waals surface area contributed by atoms with Crippen LogP contribution in [0.5, 0.6) is 0 Å². The first-order valence-electron chi connectivity index (χ1n) is 5.89. The smallest absolute Gasteiger partial charge is 0.226 e. The maximum absolute atomic E-state index is 12.1. The van der Waals surface area contributed by atoms with E-state index in [1.807, 2.05) is 4.90 Å². The number of aliphatic hydroxyl groups excluding tert-OH is 1. The van der Waals surface area contributed by atoms with Gasteiger partial charge in [0.05, 0.1) is 6.10 Å². The van der Waals surface area contributed by atoms with E-state index in [9.17, 15) is 9.90 Å². The highest BCUT2D eigenvalue weighted by Crippen LogP contribution is 2.22. The van der Waals surface area contributed by atoms with Crippen molar-refractivity contribution < 1.29 is 9.90 Å². The van der Waals surface area contributed by atoms with E-state index in [-0.39, 0.29) is 17.9 Å². The summed E-state index contributed by atoms with van der Waals surface area (Å²) in [6.45, 7) is 1.37. The summed E-state index contributed by atoms with van der Waals surface area (Å²) >= 11 is 0. The molecule has 0 saturated carbocycles. The van der Waals surface area contributed by atoms with Crippen LogP contribution < -0.4 is 0 Å². The molecule has 2 atom stereocenters. The van der Waals surface area contributed by atoms with Crippen LogP contribution in [-0.4, -0.2) is 35.1 Å². The number of β-amino-alcohol motifs (C(OH)–C–C–N with tert-alkyl or cyclic N) is 1. The van der Waals surface area contributed by atoms with Gasteiger partial charge in [0.15, 0.2) is 0 Å². The van der Waals surface area contributed by atoms with Crippen molar-refractivity contribution in [3.05, 3.63) is 12.2 Å². The lowest BCUT2D eigenvalue weighted by Crippen LogP contribution is -2.45. The molecule has 2 rings (SSSR count). The van der Waals surface area contributed by atoms with E-state index >= 15 is 0 Å². The zero-order chi connectivity index (χ0) is 10.7. The van der Waals surface area contributed by atoms with Crippen molar-refractivity contribution in [2.75, 3.05) is 13.1 Å². The predicted molar refractivity (Wildman–Crippen MR) is 58.3 cm³/mol. The maximum atomic E-state index is 12.1. The summed E-state index contributed by atoms with van der Waals surface area (Å²) in [5.41, 5.74) is 0. The predicted octanol–water partition coefficient (Wildman–Crippen LogP) is 1.33. The Bertz CT molecular complexity index is 262. The van der Waals surface area contributed by atoms with Crippen LogP contribution in [0, 0.1) is 5.92 Å². The molecule has 1 fully saturated rings. The molecule has 0 aromatic carbocycles. The van der Waals surface area contributed by atoms with Gasteiger partial charge in [0.2, 0.25) is 5.91 Å². The topological polar surface area (TPSA) is 40.5 Å². The maximum Gasteiger partial charge on any atom is 0.226 e. The molecule has 0 aromatic heterocycles. The summed E-state index contributed by atoms with van der Waals surface area (Å²) in [6.07, 6.45) is 8.60. The number of carbonyl (C=O) groups excluding carboxylic acids is 1. The molecular formula is C12H19NO2. The molecule has 3 heteroatoms. The molecule has 15 heavy (non-hydrogen) atoms. The fourth-order valence-corrected chi connectivity index (χ4v) is 2.43. The van der Waals surface area contributed by atoms with E-state index < -0.39 is 0 Å². The van der Waals surface area contributed by atoms with E-state index in [0.717, 1.165) is 38.6 Å². The molecule has 2 aliphatic rings. The zero-order valence-electron chi connectivity index (χ0n) is 9.06. The molecule has 1 heterocycles. The highest BCUT2D eigenvalue weighted by Gasteiger charge is 2.27. The van der Waals surface area contributed by atoms with Crippen LogP contribution in [0.1, 0.15) is 32.1 Å². The van der Waals surface area contributed by atoms with Crippen molar-refractivity contribution in [3.8, 4) is 0 Å². The van der Waals surface area contributed by atoms with Crippen LogP contribution in [0.25, 0.3) is 0 Å². The number of allylic oxidation sites excluding steroid dienone is 2. The number of likely N-dealkylation sites (tertiary alicyclic amines) is 1. The minimum Gasteiger partial charge on any atom is -0.391 e. The third kappa shape index (κ3) is 2.59. The molecule has 84 valence electrons. The highest BCUT2D eigenvalue weighted by molar-refractivity contribution is 5.79. The second kappa shape index (κ2) is 4.79. The van der Waals surface area contributed by atoms with Gasteiger partial charge in [-0.25, -0.2) is 0 Å². The Morgan fingerprint density at radius 2 is 2.20 bits per heavy atom. The van der Waals surface area contributed by atoms with E-state index in [1.54, 1.807) is 0 Å². The van der Waals surface area contributed by atoms with Gasteiger partial charge in [-0.05, 0) is 32.1 Å². The average molecular weight is 209 g/mol. The molecule has 0 bridgehead atoms. The second-order valence-corrected chi connectivity index (χ2v) is 4.56. The molecule has 2 unspecified atom stereocenters. The minimum atomic E-state index is -0.304. The molecule has 0 radical (unpaired) electrons. The Kier molecular flexibility index (Phi) is 3.41. The van der Waals surface area contributed by atoms with Crippen LogP contribution in [0.3, 0.4) is 0 Å². The van der Waals surface area contributed by atoms with Crippen LogP contribution in [0.4, 0.5) is 0 Å². The summed E-state index contributed by atoms with van der Waals surface area (Å²) in [7, 11) is 0. The van der Waals surface area contributed by atoms with Crippen molar-refractivity contribution >= 4 is 5.91 Å². The third-order valence-corrected chi connectivity index (χ3v) is 3.33. The van der Waals surface area contributed by atoms with Gasteiger partial charge in [-0.3, -0.25) is 4.79 Å². The standard InChI is InChI=1S/C12H19NO2/c14-11-7-4-8-13(9-11)12(15)10-5-2-1-3-6-10/h1-2,10-11,14H,3-9H2. The van der Waals surface area contributed by atoms with E-state index in [0.29, 0.717) is 6.54 Å². The lowest BCUT2D eigenvalue weighted by Gasteiger charge is -2.33. The van der Waals surface area contributed by atoms with Crippen molar-refractivity contribution in [1.82, 2.24) is 4.90 Å². The number of nitrogens with zero attached hydrogens (tertiary/aromatic N) is 1. The summed E-state index contributed by atoms with van der Waals surface area (Å²) in [4.78, 5) is 13.9. The second-order valence-electron chi connectivity index (χ2n) is 4.56. The molecule has 0 aromatic rings. The van der Waals surface area contributed by atoms with Gasteiger partial charge in [0.1, 0.15) is 0 Å². The molecule has 1 aliphatic heterocycles. The summed E-state index contributed by atoms with van der Waals surface area (Å²) in [5, 5.41) is 9.52. The molecule has 1 N–H and O–H groups in total. The van der Waals surface area contributed by atoms with E-state index in [2.05, 4.69) is 12.2 Å². The Morgan fingerprint density at radius 1 is 1.33 bits per heavy atom. The van der Waals surface area contributed by atoms with Gasteiger partial charge < -0.3 is 10.0 Å². The first-order valence-corrected chi connectivity index (χ1v) is 5.89. The Labute approximate surface area is 90.8 Å². The average Bonchev–Trinajstić information content (AvgIpc) is 2.29. The van der Waals surface area contributed by atoms with Gasteiger partial charge in [0, 0.05) is 19.0 Å². The van der Waals surface area contributed by atoms with Gasteiger partial charge >= 0.3 is 0 Å². The van der Waals surface area contributed by atoms with Crippen LogP contribution >= 0.6 is 0 Å². The summed E-state index contributed by atoms with van der Waals surface area (Å²) in [5.74, 6) is 0.415. The normalized spacial score (nSPS) is 31.7. The first kappa shape index (κ1) is 10.7. The largest absolute Gasteiger partial charge is 0.391 e. The lowest BCUT2D eigenvalue weighted by molar-refractivity contribution is -0.138. The van der Waals surface area contributed by atoms with Crippen LogP contribution in [0.15, 0.2) is 12.2 Å². The number of aliphatic hydroxyl groups is 1. The lowest BCUT2D eigenvalue weighted by atomic mass is 9.92. The first-order chi connectivity index (χ1) is 7.27. The molecule has 1 amide bonds. The van der Waals surface area contributed by atoms with Crippen molar-refractivity contribution in [3.63, 3.8) is 0 Å². The number of amides is 1. The Balaban J connectivity index is 1.91. The minimum absolute atomic E-state index is 0.167. The van der Waals surface area contributed by atoms with Gasteiger partial charge in [0.25, 0.3) is 0 Å². The van der Waals surface area contributed by atoms with Crippen molar-refractivity contribution in [2.45, 2.75) is 38.2 Å². The number of piperidine rings is 1. The zero-order valence-corrected chi connectivity index (χ0v) is 9.06. The molecular weight excluding hydrogens is 190 g/mol. The monoisotopic (exact) mass is 209 g/mol. The number of rotatable bonds is 1. The number of carbonyl (C=O) groups is 1. The van der Waals surface area contributed by atoms with Gasteiger partial charge in [-0.15, -0.1) is 0 Å². The molecule has 0 spiro atoms. The number of hydrogen-bond acceptors (Lipinski definition) is 2. The Hall–Kier alpha value is -0.830. The van der Waals surface area contributed by atoms with Crippen molar-refractivity contribution in [2.24, 2.45) is 5.92 Å². The SMILES string of the molecule is O=C(C1CC=CCC1)N1CCCC(O)C1. The van der Waals surface area contributed by atoms with Crippen LogP contribution in [-0.2, 0) is 4.79 Å². The molecule has 1 saturated heterocycles.